The Morgan fingerprint density at radius 2 is 1.90 bits per heavy atom. The van der Waals surface area contributed by atoms with Gasteiger partial charge < -0.3 is 0 Å². The molecule has 0 N–H and O–H groups in total. The number of halogens is 3. The van der Waals surface area contributed by atoms with Crippen molar-refractivity contribution in [1.29, 1.82) is 0 Å². The van der Waals surface area contributed by atoms with Gasteiger partial charge in [0.1, 0.15) is 0 Å². The summed E-state index contributed by atoms with van der Waals surface area (Å²) in [5.41, 5.74) is 2.41. The third kappa shape index (κ3) is 3.12. The van der Waals surface area contributed by atoms with Crippen LogP contribution in [0, 0.1) is 18.3 Å². The van der Waals surface area contributed by atoms with E-state index in [-0.39, 0.29) is 5.41 Å². The normalized spacial score (nSPS) is 17.1. The molecule has 1 fully saturated rings. The largest absolute Gasteiger partial charge is 0.268 e. The van der Waals surface area contributed by atoms with E-state index in [9.17, 15) is 0 Å². The molecule has 1 aliphatic carbocycles. The fourth-order valence-electron chi connectivity index (χ4n) is 3.40. The first-order valence-corrected chi connectivity index (χ1v) is 10.0. The molecule has 0 spiro atoms. The molecule has 114 valence electrons. The van der Waals surface area contributed by atoms with Crippen LogP contribution in [0.3, 0.4) is 0 Å². The van der Waals surface area contributed by atoms with Gasteiger partial charge in [-0.3, -0.25) is 4.68 Å². The van der Waals surface area contributed by atoms with Crippen LogP contribution in [0.1, 0.15) is 44.0 Å². The van der Waals surface area contributed by atoms with Crippen LogP contribution in [-0.4, -0.2) is 20.4 Å². The molecule has 1 aromatic rings. The Morgan fingerprint density at radius 1 is 1.30 bits per heavy atom. The van der Waals surface area contributed by atoms with E-state index >= 15 is 0 Å². The summed E-state index contributed by atoms with van der Waals surface area (Å²) in [7, 11) is 0. The first-order valence-electron chi connectivity index (χ1n) is 7.41. The quantitative estimate of drug-likeness (QED) is 0.559. The van der Waals surface area contributed by atoms with Gasteiger partial charge in [0, 0.05) is 17.2 Å². The molecule has 1 saturated carbocycles. The summed E-state index contributed by atoms with van der Waals surface area (Å²) in [6.07, 6.45) is 6.42. The van der Waals surface area contributed by atoms with Gasteiger partial charge in [-0.2, -0.15) is 5.10 Å². The zero-order valence-corrected chi connectivity index (χ0v) is 16.2. The van der Waals surface area contributed by atoms with E-state index in [0.717, 1.165) is 40.3 Å². The van der Waals surface area contributed by atoms with Crippen molar-refractivity contribution in [3.05, 3.63) is 16.4 Å². The summed E-state index contributed by atoms with van der Waals surface area (Å²) in [6, 6.07) is 0. The monoisotopic (exact) mass is 424 g/mol. The van der Waals surface area contributed by atoms with Gasteiger partial charge in [-0.15, -0.1) is 0 Å². The third-order valence-electron chi connectivity index (χ3n) is 4.73. The molecule has 0 radical (unpaired) electrons. The van der Waals surface area contributed by atoms with Crippen LogP contribution in [0.2, 0.25) is 5.02 Å². The maximum atomic E-state index is 6.51. The van der Waals surface area contributed by atoms with Crippen molar-refractivity contribution < 1.29 is 0 Å². The minimum absolute atomic E-state index is 0.250. The summed E-state index contributed by atoms with van der Waals surface area (Å²) < 4.78 is 2.08. The predicted octanol–water partition coefficient (Wildman–Crippen LogP) is 5.37. The summed E-state index contributed by atoms with van der Waals surface area (Å²) in [5.74, 6) is 0.776. The molecule has 2 nitrogen and oxygen atoms in total. The fraction of sp³-hybridized carbons (Fsp3) is 0.800. The molecule has 1 heterocycles. The van der Waals surface area contributed by atoms with Crippen molar-refractivity contribution in [3.63, 3.8) is 0 Å². The van der Waals surface area contributed by atoms with E-state index in [1.54, 1.807) is 0 Å². The van der Waals surface area contributed by atoms with Crippen LogP contribution in [0.15, 0.2) is 0 Å². The van der Waals surface area contributed by atoms with Crippen LogP contribution in [0.4, 0.5) is 0 Å². The molecule has 20 heavy (non-hydrogen) atoms. The average Bonchev–Trinajstić information content (AvgIpc) is 3.08. The second kappa shape index (κ2) is 7.15. The number of hydrogen-bond donors (Lipinski definition) is 0. The molecule has 0 bridgehead atoms. The Kier molecular flexibility index (Phi) is 6.01. The molecular weight excluding hydrogens is 403 g/mol. The number of rotatable bonds is 6. The number of alkyl halides is 2. The molecule has 1 aromatic heterocycles. The van der Waals surface area contributed by atoms with Crippen molar-refractivity contribution in [2.75, 3.05) is 10.7 Å². The van der Waals surface area contributed by atoms with Gasteiger partial charge in [0.05, 0.1) is 16.4 Å². The maximum absolute atomic E-state index is 6.51. The molecular formula is C15H23Br2ClN2. The Hall–Kier alpha value is 0.460. The van der Waals surface area contributed by atoms with Crippen LogP contribution < -0.4 is 0 Å². The van der Waals surface area contributed by atoms with Crippen molar-refractivity contribution in [1.82, 2.24) is 9.78 Å². The summed E-state index contributed by atoms with van der Waals surface area (Å²) in [5, 5.41) is 7.45. The molecule has 0 saturated heterocycles. The second-order valence-electron chi connectivity index (χ2n) is 5.95. The van der Waals surface area contributed by atoms with Crippen LogP contribution in [0.5, 0.6) is 0 Å². The number of aryl methyl sites for hydroxylation is 2. The van der Waals surface area contributed by atoms with Crippen molar-refractivity contribution >= 4 is 43.5 Å². The molecule has 1 aliphatic rings. The molecule has 0 amide bonds. The van der Waals surface area contributed by atoms with E-state index in [4.69, 9.17) is 11.6 Å². The minimum Gasteiger partial charge on any atom is -0.268 e. The Bertz CT molecular complexity index is 449. The lowest BCUT2D eigenvalue weighted by atomic mass is 9.74. The van der Waals surface area contributed by atoms with Gasteiger partial charge in [0.25, 0.3) is 0 Å². The molecule has 2 rings (SSSR count). The third-order valence-corrected chi connectivity index (χ3v) is 7.45. The zero-order chi connectivity index (χ0) is 14.8. The topological polar surface area (TPSA) is 17.8 Å². The highest BCUT2D eigenvalue weighted by Crippen LogP contribution is 2.45. The molecule has 0 unspecified atom stereocenters. The highest BCUT2D eigenvalue weighted by atomic mass is 79.9. The van der Waals surface area contributed by atoms with E-state index in [0.29, 0.717) is 0 Å². The second-order valence-corrected chi connectivity index (χ2v) is 7.45. The van der Waals surface area contributed by atoms with Gasteiger partial charge >= 0.3 is 0 Å². The zero-order valence-electron chi connectivity index (χ0n) is 12.3. The van der Waals surface area contributed by atoms with E-state index in [1.165, 1.54) is 31.4 Å². The minimum atomic E-state index is 0.250. The highest BCUT2D eigenvalue weighted by Gasteiger charge is 2.40. The van der Waals surface area contributed by atoms with Crippen molar-refractivity contribution in [2.45, 2.75) is 52.5 Å². The van der Waals surface area contributed by atoms with Crippen molar-refractivity contribution in [2.24, 2.45) is 11.3 Å². The number of nitrogens with zero attached hydrogens (tertiary/aromatic N) is 2. The summed E-state index contributed by atoms with van der Waals surface area (Å²) in [4.78, 5) is 0. The van der Waals surface area contributed by atoms with Crippen molar-refractivity contribution in [3.8, 4) is 0 Å². The first-order chi connectivity index (χ1) is 9.57. The van der Waals surface area contributed by atoms with Gasteiger partial charge in [-0.1, -0.05) is 56.3 Å². The lowest BCUT2D eigenvalue weighted by Gasteiger charge is -2.36. The predicted molar refractivity (Wildman–Crippen MR) is 93.3 cm³/mol. The molecule has 0 aliphatic heterocycles. The lowest BCUT2D eigenvalue weighted by Crippen LogP contribution is -2.36. The maximum Gasteiger partial charge on any atom is 0.0847 e. The van der Waals surface area contributed by atoms with E-state index in [1.807, 2.05) is 6.92 Å². The average molecular weight is 427 g/mol. The Morgan fingerprint density at radius 3 is 2.40 bits per heavy atom. The molecule has 5 heteroatoms. The van der Waals surface area contributed by atoms with Crippen LogP contribution in [0.25, 0.3) is 0 Å². The highest BCUT2D eigenvalue weighted by molar-refractivity contribution is 9.09. The van der Waals surface area contributed by atoms with Gasteiger partial charge in [0.15, 0.2) is 0 Å². The van der Waals surface area contributed by atoms with E-state index in [2.05, 4.69) is 48.6 Å². The molecule has 0 aromatic carbocycles. The van der Waals surface area contributed by atoms with E-state index < -0.39 is 0 Å². The number of aromatic nitrogens is 2. The SMILES string of the molecule is CCn1nc(C)c(Cl)c1CC(CBr)(CBr)C1CCCC1. The smallest absolute Gasteiger partial charge is 0.0847 e. The Balaban J connectivity index is 2.32. The number of hydrogen-bond acceptors (Lipinski definition) is 1. The Labute approximate surface area is 143 Å². The fourth-order valence-corrected chi connectivity index (χ4v) is 5.85. The van der Waals surface area contributed by atoms with Crippen LogP contribution in [-0.2, 0) is 13.0 Å². The molecule has 0 atom stereocenters. The summed E-state index contributed by atoms with van der Waals surface area (Å²) in [6.45, 7) is 5.01. The lowest BCUT2D eigenvalue weighted by molar-refractivity contribution is 0.228. The van der Waals surface area contributed by atoms with Crippen LogP contribution >= 0.6 is 43.5 Å². The summed E-state index contributed by atoms with van der Waals surface area (Å²) >= 11 is 14.1. The van der Waals surface area contributed by atoms with Gasteiger partial charge in [0.2, 0.25) is 0 Å². The first kappa shape index (κ1) is 16.8. The standard InChI is InChI=1S/C15H23Br2ClN2/c1-3-20-13(14(18)11(2)19-20)8-15(9-16,10-17)12-6-4-5-7-12/h12H,3-10H2,1-2H3. The van der Waals surface area contributed by atoms with Gasteiger partial charge in [-0.25, -0.2) is 0 Å². The van der Waals surface area contributed by atoms with Gasteiger partial charge in [-0.05, 0) is 44.4 Å².